The number of nitrogens with zero attached hydrogens (tertiary/aromatic N) is 1. The molecule has 0 radical (unpaired) electrons. The number of aryl methyl sites for hydroxylation is 3. The summed E-state index contributed by atoms with van der Waals surface area (Å²) in [5.41, 5.74) is 11.8. The van der Waals surface area contributed by atoms with Crippen molar-refractivity contribution in [2.24, 2.45) is 0 Å². The maximum atomic E-state index is 12.8. The van der Waals surface area contributed by atoms with E-state index in [4.69, 9.17) is 5.73 Å². The SMILES string of the molecule is Cc1ccc(C)c(NC(=O)c2sc3nc4ccc(C)cc4cc3c2N)c1. The van der Waals surface area contributed by atoms with Gasteiger partial charge in [-0.25, -0.2) is 4.98 Å². The number of nitrogen functional groups attached to an aromatic ring is 1. The van der Waals surface area contributed by atoms with Gasteiger partial charge >= 0.3 is 0 Å². The van der Waals surface area contributed by atoms with E-state index in [1.54, 1.807) is 0 Å². The van der Waals surface area contributed by atoms with Crippen LogP contribution >= 0.6 is 11.3 Å². The number of aromatic nitrogens is 1. The largest absolute Gasteiger partial charge is 0.397 e. The first-order valence-corrected chi connectivity index (χ1v) is 9.22. The van der Waals surface area contributed by atoms with Crippen LogP contribution in [0.15, 0.2) is 42.5 Å². The summed E-state index contributed by atoms with van der Waals surface area (Å²) in [4.78, 5) is 18.8. The van der Waals surface area contributed by atoms with Gasteiger partial charge in [0, 0.05) is 16.5 Å². The van der Waals surface area contributed by atoms with Crippen molar-refractivity contribution >= 4 is 49.7 Å². The van der Waals surface area contributed by atoms with Gasteiger partial charge in [0.05, 0.1) is 11.2 Å². The number of carbonyl (C=O) groups is 1. The number of pyridine rings is 1. The Hall–Kier alpha value is -2.92. The summed E-state index contributed by atoms with van der Waals surface area (Å²) in [5, 5.41) is 4.85. The van der Waals surface area contributed by atoms with Gasteiger partial charge in [-0.2, -0.15) is 0 Å². The predicted molar refractivity (Wildman–Crippen MR) is 110 cm³/mol. The molecule has 0 fully saturated rings. The van der Waals surface area contributed by atoms with Gasteiger partial charge in [-0.15, -0.1) is 11.3 Å². The first-order valence-electron chi connectivity index (χ1n) is 8.40. The zero-order chi connectivity index (χ0) is 18.4. The van der Waals surface area contributed by atoms with E-state index in [0.717, 1.165) is 37.9 Å². The van der Waals surface area contributed by atoms with Crippen molar-refractivity contribution in [3.05, 3.63) is 64.0 Å². The van der Waals surface area contributed by atoms with Gasteiger partial charge in [-0.3, -0.25) is 4.79 Å². The average molecular weight is 361 g/mol. The molecule has 0 unspecified atom stereocenters. The Morgan fingerprint density at radius 2 is 1.77 bits per heavy atom. The third kappa shape index (κ3) is 2.80. The maximum absolute atomic E-state index is 12.8. The molecule has 4 aromatic rings. The summed E-state index contributed by atoms with van der Waals surface area (Å²) in [6.45, 7) is 6.02. The third-order valence-electron chi connectivity index (χ3n) is 4.52. The van der Waals surface area contributed by atoms with Crippen LogP contribution in [0.1, 0.15) is 26.4 Å². The minimum Gasteiger partial charge on any atom is -0.397 e. The fraction of sp³-hybridized carbons (Fsp3) is 0.143. The van der Waals surface area contributed by atoms with E-state index in [1.807, 2.05) is 57.2 Å². The standard InChI is InChI=1S/C21H19N3OS/c1-11-5-7-16-14(8-11)10-15-18(22)19(26-21(15)24-16)20(25)23-17-9-12(2)4-6-13(17)3/h4-10H,22H2,1-3H3,(H,23,25). The Morgan fingerprint density at radius 3 is 2.58 bits per heavy atom. The molecule has 0 saturated carbocycles. The van der Waals surface area contributed by atoms with Gasteiger partial charge in [0.25, 0.3) is 5.91 Å². The van der Waals surface area contributed by atoms with Crippen LogP contribution in [0, 0.1) is 20.8 Å². The highest BCUT2D eigenvalue weighted by Crippen LogP contribution is 2.35. The zero-order valence-electron chi connectivity index (χ0n) is 14.9. The highest BCUT2D eigenvalue weighted by atomic mass is 32.1. The molecule has 3 N–H and O–H groups in total. The number of amides is 1. The average Bonchev–Trinajstić information content (AvgIpc) is 2.92. The first kappa shape index (κ1) is 16.5. The molecule has 5 heteroatoms. The van der Waals surface area contributed by atoms with Crippen molar-refractivity contribution < 1.29 is 4.79 Å². The van der Waals surface area contributed by atoms with Crippen LogP contribution < -0.4 is 11.1 Å². The second-order valence-electron chi connectivity index (χ2n) is 6.65. The summed E-state index contributed by atoms with van der Waals surface area (Å²) in [7, 11) is 0. The quantitative estimate of drug-likeness (QED) is 0.515. The van der Waals surface area contributed by atoms with Crippen LogP contribution in [-0.2, 0) is 0 Å². The molecule has 0 spiro atoms. The minimum atomic E-state index is -0.195. The highest BCUT2D eigenvalue weighted by Gasteiger charge is 2.18. The minimum absolute atomic E-state index is 0.195. The topological polar surface area (TPSA) is 68.0 Å². The molecule has 4 nitrogen and oxygen atoms in total. The number of hydrogen-bond donors (Lipinski definition) is 2. The van der Waals surface area contributed by atoms with E-state index in [1.165, 1.54) is 16.9 Å². The van der Waals surface area contributed by atoms with Crippen LogP contribution in [0.25, 0.3) is 21.1 Å². The van der Waals surface area contributed by atoms with Crippen LogP contribution in [0.2, 0.25) is 0 Å². The van der Waals surface area contributed by atoms with Gasteiger partial charge in [0.15, 0.2) is 0 Å². The molecule has 0 aliphatic rings. The van der Waals surface area contributed by atoms with Gasteiger partial charge in [-0.1, -0.05) is 23.8 Å². The Bertz CT molecular complexity index is 1180. The van der Waals surface area contributed by atoms with Crippen molar-refractivity contribution in [2.45, 2.75) is 20.8 Å². The Labute approximate surface area is 155 Å². The van der Waals surface area contributed by atoms with Crippen LogP contribution in [0.5, 0.6) is 0 Å². The van der Waals surface area contributed by atoms with E-state index < -0.39 is 0 Å². The predicted octanol–water partition coefficient (Wildman–Crippen LogP) is 5.21. The molecule has 2 aromatic heterocycles. The molecule has 0 atom stereocenters. The second-order valence-corrected chi connectivity index (χ2v) is 7.65. The summed E-state index contributed by atoms with van der Waals surface area (Å²) in [5.74, 6) is -0.195. The van der Waals surface area contributed by atoms with E-state index in [-0.39, 0.29) is 5.91 Å². The van der Waals surface area contributed by atoms with Crippen LogP contribution in [-0.4, -0.2) is 10.9 Å². The molecule has 4 rings (SSSR count). The van der Waals surface area contributed by atoms with Gasteiger partial charge in [0.2, 0.25) is 0 Å². The molecule has 0 bridgehead atoms. The fourth-order valence-electron chi connectivity index (χ4n) is 3.04. The smallest absolute Gasteiger partial charge is 0.267 e. The molecule has 0 aliphatic carbocycles. The maximum Gasteiger partial charge on any atom is 0.267 e. The van der Waals surface area contributed by atoms with Crippen LogP contribution in [0.3, 0.4) is 0 Å². The second kappa shape index (κ2) is 6.11. The van der Waals surface area contributed by atoms with E-state index in [0.29, 0.717) is 10.6 Å². The number of fused-ring (bicyclic) bond motifs is 2. The van der Waals surface area contributed by atoms with Gasteiger partial charge in [0.1, 0.15) is 9.71 Å². The van der Waals surface area contributed by atoms with Gasteiger partial charge < -0.3 is 11.1 Å². The molecule has 0 saturated heterocycles. The first-order chi connectivity index (χ1) is 12.4. The van der Waals surface area contributed by atoms with Crippen molar-refractivity contribution in [1.29, 1.82) is 0 Å². The van der Waals surface area contributed by atoms with Crippen molar-refractivity contribution in [3.8, 4) is 0 Å². The number of rotatable bonds is 2. The summed E-state index contributed by atoms with van der Waals surface area (Å²) >= 11 is 1.33. The van der Waals surface area contributed by atoms with E-state index in [2.05, 4.69) is 16.4 Å². The Morgan fingerprint density at radius 1 is 1.04 bits per heavy atom. The lowest BCUT2D eigenvalue weighted by molar-refractivity contribution is 0.103. The Kier molecular flexibility index (Phi) is 3.89. The number of carbonyl (C=O) groups excluding carboxylic acids is 1. The van der Waals surface area contributed by atoms with E-state index >= 15 is 0 Å². The molecule has 130 valence electrons. The molecule has 2 heterocycles. The summed E-state index contributed by atoms with van der Waals surface area (Å²) in [6.07, 6.45) is 0. The lowest BCUT2D eigenvalue weighted by Gasteiger charge is -2.08. The highest BCUT2D eigenvalue weighted by molar-refractivity contribution is 7.21. The zero-order valence-corrected chi connectivity index (χ0v) is 15.7. The monoisotopic (exact) mass is 361 g/mol. The van der Waals surface area contributed by atoms with Crippen molar-refractivity contribution in [2.75, 3.05) is 11.1 Å². The fourth-order valence-corrected chi connectivity index (χ4v) is 4.02. The summed E-state index contributed by atoms with van der Waals surface area (Å²) < 4.78 is 0. The molecule has 0 aliphatic heterocycles. The normalized spacial score (nSPS) is 11.2. The third-order valence-corrected chi connectivity index (χ3v) is 5.63. The number of hydrogen-bond acceptors (Lipinski definition) is 4. The van der Waals surface area contributed by atoms with Gasteiger partial charge in [-0.05, 0) is 56.2 Å². The molecular weight excluding hydrogens is 342 g/mol. The molecule has 2 aromatic carbocycles. The Balaban J connectivity index is 1.78. The molecular formula is C21H19N3OS. The lowest BCUT2D eigenvalue weighted by Crippen LogP contribution is -2.13. The molecule has 26 heavy (non-hydrogen) atoms. The van der Waals surface area contributed by atoms with Crippen molar-refractivity contribution in [1.82, 2.24) is 4.98 Å². The lowest BCUT2D eigenvalue weighted by atomic mass is 10.1. The number of anilines is 2. The van der Waals surface area contributed by atoms with E-state index in [9.17, 15) is 4.79 Å². The number of nitrogens with one attached hydrogen (secondary N) is 1. The molecule has 1 amide bonds. The number of thiophene rings is 1. The van der Waals surface area contributed by atoms with Crippen molar-refractivity contribution in [3.63, 3.8) is 0 Å². The number of nitrogens with two attached hydrogens (primary N) is 1. The van der Waals surface area contributed by atoms with Crippen LogP contribution in [0.4, 0.5) is 11.4 Å². The number of benzene rings is 2. The summed E-state index contributed by atoms with van der Waals surface area (Å²) in [6, 6.07) is 14.1.